The highest BCUT2D eigenvalue weighted by Crippen LogP contribution is 2.38. The zero-order chi connectivity index (χ0) is 12.0. The number of carbonyl (C=O) groups is 1. The van der Waals surface area contributed by atoms with Gasteiger partial charge in [0.1, 0.15) is 0 Å². The minimum absolute atomic E-state index is 0.221. The van der Waals surface area contributed by atoms with Gasteiger partial charge in [-0.2, -0.15) is 0 Å². The molecule has 2 N–H and O–H groups in total. The fourth-order valence-corrected chi connectivity index (χ4v) is 2.66. The van der Waals surface area contributed by atoms with Gasteiger partial charge in [0, 0.05) is 20.1 Å². The highest BCUT2D eigenvalue weighted by Gasteiger charge is 2.41. The summed E-state index contributed by atoms with van der Waals surface area (Å²) in [5.41, 5.74) is 5.59. The molecule has 16 heavy (non-hydrogen) atoms. The Hall–Kier alpha value is -0.570. The van der Waals surface area contributed by atoms with E-state index in [9.17, 15) is 4.79 Å². The van der Waals surface area contributed by atoms with Crippen molar-refractivity contribution in [2.75, 3.05) is 20.1 Å². The molecule has 1 aliphatic carbocycles. The lowest BCUT2D eigenvalue weighted by atomic mass is 9.84. The summed E-state index contributed by atoms with van der Waals surface area (Å²) in [6.45, 7) is 3.58. The van der Waals surface area contributed by atoms with Crippen LogP contribution in [0.5, 0.6) is 0 Å². The van der Waals surface area contributed by atoms with Crippen molar-refractivity contribution in [3.05, 3.63) is 0 Å². The van der Waals surface area contributed by atoms with E-state index in [4.69, 9.17) is 5.73 Å². The second-order valence-corrected chi connectivity index (χ2v) is 5.13. The molecule has 3 nitrogen and oxygen atoms in total. The average molecular weight is 226 g/mol. The molecule has 0 atom stereocenters. The Morgan fingerprint density at radius 2 is 1.94 bits per heavy atom. The second kappa shape index (κ2) is 6.24. The van der Waals surface area contributed by atoms with E-state index in [1.54, 1.807) is 0 Å². The second-order valence-electron chi connectivity index (χ2n) is 5.13. The van der Waals surface area contributed by atoms with E-state index in [2.05, 4.69) is 6.92 Å². The Morgan fingerprint density at radius 3 is 2.44 bits per heavy atom. The number of carbonyl (C=O) groups excluding carboxylic acids is 1. The first-order valence-corrected chi connectivity index (χ1v) is 6.62. The standard InChI is InChI=1S/C13H26N2O/c1-3-4-7-10-15(2)12(16)13(11-14)8-5-6-9-13/h3-11,14H2,1-2H3. The third kappa shape index (κ3) is 2.97. The molecule has 1 amide bonds. The first kappa shape index (κ1) is 13.5. The molecule has 0 saturated heterocycles. The van der Waals surface area contributed by atoms with E-state index in [-0.39, 0.29) is 11.3 Å². The lowest BCUT2D eigenvalue weighted by Gasteiger charge is -2.31. The van der Waals surface area contributed by atoms with E-state index in [0.29, 0.717) is 6.54 Å². The van der Waals surface area contributed by atoms with Crippen LogP contribution in [0.2, 0.25) is 0 Å². The molecule has 0 aliphatic heterocycles. The number of amides is 1. The maximum Gasteiger partial charge on any atom is 0.229 e. The molecule has 0 aromatic rings. The third-order valence-electron chi connectivity index (χ3n) is 3.85. The molecule has 0 heterocycles. The van der Waals surface area contributed by atoms with Crippen molar-refractivity contribution in [3.63, 3.8) is 0 Å². The van der Waals surface area contributed by atoms with Crippen molar-refractivity contribution in [2.45, 2.75) is 51.9 Å². The molecule has 1 fully saturated rings. The Bertz CT molecular complexity index is 222. The number of hydrogen-bond acceptors (Lipinski definition) is 2. The summed E-state index contributed by atoms with van der Waals surface area (Å²) < 4.78 is 0. The van der Waals surface area contributed by atoms with E-state index in [0.717, 1.165) is 38.6 Å². The van der Waals surface area contributed by atoms with Gasteiger partial charge < -0.3 is 10.6 Å². The summed E-state index contributed by atoms with van der Waals surface area (Å²) in [7, 11) is 1.92. The maximum absolute atomic E-state index is 12.3. The molecule has 0 bridgehead atoms. The lowest BCUT2D eigenvalue weighted by molar-refractivity contribution is -0.140. The van der Waals surface area contributed by atoms with Gasteiger partial charge in [0.05, 0.1) is 5.41 Å². The van der Waals surface area contributed by atoms with Crippen molar-refractivity contribution in [2.24, 2.45) is 11.1 Å². The minimum Gasteiger partial charge on any atom is -0.345 e. The molecular formula is C13H26N2O. The zero-order valence-corrected chi connectivity index (χ0v) is 10.8. The summed E-state index contributed by atoms with van der Waals surface area (Å²) in [5, 5.41) is 0. The monoisotopic (exact) mass is 226 g/mol. The van der Waals surface area contributed by atoms with Crippen LogP contribution >= 0.6 is 0 Å². The van der Waals surface area contributed by atoms with Crippen molar-refractivity contribution < 1.29 is 4.79 Å². The largest absolute Gasteiger partial charge is 0.345 e. The molecule has 1 saturated carbocycles. The van der Waals surface area contributed by atoms with Gasteiger partial charge in [-0.15, -0.1) is 0 Å². The molecule has 94 valence electrons. The highest BCUT2D eigenvalue weighted by atomic mass is 16.2. The summed E-state index contributed by atoms with van der Waals surface area (Å²) in [5.74, 6) is 0.281. The van der Waals surface area contributed by atoms with Gasteiger partial charge in [-0.25, -0.2) is 0 Å². The predicted octanol–water partition coefficient (Wildman–Crippen LogP) is 2.15. The maximum atomic E-state index is 12.3. The molecule has 0 aromatic heterocycles. The van der Waals surface area contributed by atoms with Crippen molar-refractivity contribution >= 4 is 5.91 Å². The minimum atomic E-state index is -0.221. The van der Waals surface area contributed by atoms with Crippen LogP contribution in [0.4, 0.5) is 0 Å². The van der Waals surface area contributed by atoms with Crippen LogP contribution in [0.1, 0.15) is 51.9 Å². The Balaban J connectivity index is 2.47. The predicted molar refractivity (Wildman–Crippen MR) is 67.1 cm³/mol. The lowest BCUT2D eigenvalue weighted by Crippen LogP contribution is -2.45. The van der Waals surface area contributed by atoms with E-state index < -0.39 is 0 Å². The van der Waals surface area contributed by atoms with Crippen LogP contribution in [-0.2, 0) is 4.79 Å². The van der Waals surface area contributed by atoms with Gasteiger partial charge in [-0.1, -0.05) is 32.6 Å². The topological polar surface area (TPSA) is 46.3 Å². The van der Waals surface area contributed by atoms with E-state index >= 15 is 0 Å². The molecular weight excluding hydrogens is 200 g/mol. The Kier molecular flexibility index (Phi) is 5.26. The van der Waals surface area contributed by atoms with Gasteiger partial charge in [0.15, 0.2) is 0 Å². The van der Waals surface area contributed by atoms with Crippen molar-refractivity contribution in [1.29, 1.82) is 0 Å². The molecule has 1 aliphatic rings. The molecule has 3 heteroatoms. The highest BCUT2D eigenvalue weighted by molar-refractivity contribution is 5.83. The van der Waals surface area contributed by atoms with Gasteiger partial charge in [0.25, 0.3) is 0 Å². The molecule has 0 unspecified atom stereocenters. The van der Waals surface area contributed by atoms with Crippen LogP contribution in [-0.4, -0.2) is 30.9 Å². The number of nitrogens with two attached hydrogens (primary N) is 1. The summed E-state index contributed by atoms with van der Waals surface area (Å²) in [6, 6.07) is 0. The van der Waals surface area contributed by atoms with Crippen LogP contribution < -0.4 is 5.73 Å². The van der Waals surface area contributed by atoms with Gasteiger partial charge in [0.2, 0.25) is 5.91 Å². The van der Waals surface area contributed by atoms with Crippen LogP contribution in [0.3, 0.4) is 0 Å². The molecule has 1 rings (SSSR count). The average Bonchev–Trinajstić information content (AvgIpc) is 2.78. The molecule has 0 radical (unpaired) electrons. The van der Waals surface area contributed by atoms with Gasteiger partial charge in [-0.3, -0.25) is 4.79 Å². The van der Waals surface area contributed by atoms with Crippen molar-refractivity contribution in [3.8, 4) is 0 Å². The Labute approximate surface area is 99.4 Å². The normalized spacial score (nSPS) is 18.7. The van der Waals surface area contributed by atoms with Gasteiger partial charge in [-0.05, 0) is 19.3 Å². The Morgan fingerprint density at radius 1 is 1.31 bits per heavy atom. The van der Waals surface area contributed by atoms with E-state index in [1.165, 1.54) is 12.8 Å². The summed E-state index contributed by atoms with van der Waals surface area (Å²) >= 11 is 0. The number of nitrogens with zero attached hydrogens (tertiary/aromatic N) is 1. The zero-order valence-electron chi connectivity index (χ0n) is 10.8. The SMILES string of the molecule is CCCCCN(C)C(=O)C1(CN)CCCC1. The smallest absolute Gasteiger partial charge is 0.229 e. The van der Waals surface area contributed by atoms with E-state index in [1.807, 2.05) is 11.9 Å². The summed E-state index contributed by atoms with van der Waals surface area (Å²) in [4.78, 5) is 14.2. The molecule has 0 aromatic carbocycles. The quantitative estimate of drug-likeness (QED) is 0.705. The molecule has 0 spiro atoms. The number of hydrogen-bond donors (Lipinski definition) is 1. The first-order valence-electron chi connectivity index (χ1n) is 6.62. The fraction of sp³-hybridized carbons (Fsp3) is 0.923. The number of rotatable bonds is 6. The first-order chi connectivity index (χ1) is 7.66. The van der Waals surface area contributed by atoms with Crippen molar-refractivity contribution in [1.82, 2.24) is 4.90 Å². The van der Waals surface area contributed by atoms with Gasteiger partial charge >= 0.3 is 0 Å². The number of unbranched alkanes of at least 4 members (excludes halogenated alkanes) is 2. The summed E-state index contributed by atoms with van der Waals surface area (Å²) in [6.07, 6.45) is 7.80. The fourth-order valence-electron chi connectivity index (χ4n) is 2.66. The van der Waals surface area contributed by atoms with Crippen LogP contribution in [0.25, 0.3) is 0 Å². The van der Waals surface area contributed by atoms with Crippen LogP contribution in [0.15, 0.2) is 0 Å². The van der Waals surface area contributed by atoms with Crippen LogP contribution in [0, 0.1) is 5.41 Å². The third-order valence-corrected chi connectivity index (χ3v) is 3.85.